The van der Waals surface area contributed by atoms with Crippen molar-refractivity contribution in [1.82, 2.24) is 9.88 Å². The summed E-state index contributed by atoms with van der Waals surface area (Å²) in [7, 11) is 0. The molecule has 2 amide bonds. The number of oxazole rings is 1. The van der Waals surface area contributed by atoms with Crippen molar-refractivity contribution in [3.63, 3.8) is 0 Å². The summed E-state index contributed by atoms with van der Waals surface area (Å²) < 4.78 is 5.37. The summed E-state index contributed by atoms with van der Waals surface area (Å²) in [5, 5.41) is 0. The minimum Gasteiger partial charge on any atom is -0.447 e. The highest BCUT2D eigenvalue weighted by molar-refractivity contribution is 6.03. The second-order valence-electron chi connectivity index (χ2n) is 6.44. The van der Waals surface area contributed by atoms with Gasteiger partial charge in [0.25, 0.3) is 5.91 Å². The van der Waals surface area contributed by atoms with E-state index >= 15 is 0 Å². The fourth-order valence-electron chi connectivity index (χ4n) is 3.29. The normalized spacial score (nSPS) is 17.4. The van der Waals surface area contributed by atoms with E-state index in [1.807, 2.05) is 51.1 Å². The van der Waals surface area contributed by atoms with Crippen LogP contribution in [0.3, 0.4) is 0 Å². The lowest BCUT2D eigenvalue weighted by atomic mass is 10.1. The summed E-state index contributed by atoms with van der Waals surface area (Å²) in [5.41, 5.74) is 1.17. The molecule has 2 heterocycles. The number of benzene rings is 1. The molecule has 1 aliphatic rings. The quantitative estimate of drug-likeness (QED) is 0.838. The summed E-state index contributed by atoms with van der Waals surface area (Å²) in [6.45, 7) is 6.83. The highest BCUT2D eigenvalue weighted by Gasteiger charge is 2.39. The van der Waals surface area contributed by atoms with E-state index in [0.717, 1.165) is 5.69 Å². The molecule has 2 aromatic rings. The molecule has 6 heteroatoms. The van der Waals surface area contributed by atoms with Crippen LogP contribution in [0, 0.1) is 0 Å². The summed E-state index contributed by atoms with van der Waals surface area (Å²) in [6.07, 6.45) is 1.91. The number of hydrogen-bond acceptors (Lipinski definition) is 4. The van der Waals surface area contributed by atoms with Gasteiger partial charge in [-0.25, -0.2) is 4.98 Å². The number of anilines is 1. The number of carbonyl (C=O) groups excluding carboxylic acids is 2. The third-order valence-corrected chi connectivity index (χ3v) is 4.54. The maximum Gasteiger partial charge on any atom is 0.276 e. The van der Waals surface area contributed by atoms with Crippen LogP contribution in [0.15, 0.2) is 41.1 Å². The van der Waals surface area contributed by atoms with Gasteiger partial charge < -0.3 is 14.2 Å². The van der Waals surface area contributed by atoms with E-state index in [4.69, 9.17) is 4.42 Å². The van der Waals surface area contributed by atoms with Crippen molar-refractivity contribution in [1.29, 1.82) is 0 Å². The second kappa shape index (κ2) is 7.09. The molecule has 1 aromatic heterocycles. The Labute approximate surface area is 147 Å². The smallest absolute Gasteiger partial charge is 0.276 e. The molecule has 6 nitrogen and oxygen atoms in total. The molecule has 1 saturated heterocycles. The Kier molecular flexibility index (Phi) is 4.88. The zero-order valence-corrected chi connectivity index (χ0v) is 14.8. The Bertz CT molecular complexity index is 754. The van der Waals surface area contributed by atoms with Gasteiger partial charge in [0, 0.05) is 24.7 Å². The molecule has 1 aromatic carbocycles. The molecular formula is C19H23N3O3. The summed E-state index contributed by atoms with van der Waals surface area (Å²) >= 11 is 0. The Hall–Kier alpha value is -2.63. The van der Waals surface area contributed by atoms with E-state index in [1.54, 1.807) is 9.80 Å². The largest absolute Gasteiger partial charge is 0.447 e. The Morgan fingerprint density at radius 1 is 1.36 bits per heavy atom. The second-order valence-corrected chi connectivity index (χ2v) is 6.44. The molecule has 0 spiro atoms. The zero-order valence-electron chi connectivity index (χ0n) is 14.8. The van der Waals surface area contributed by atoms with Gasteiger partial charge in [-0.2, -0.15) is 0 Å². The Morgan fingerprint density at radius 3 is 2.72 bits per heavy atom. The highest BCUT2D eigenvalue weighted by atomic mass is 16.3. The average Bonchev–Trinajstić information content (AvgIpc) is 3.24. The minimum absolute atomic E-state index is 0.0454. The first-order chi connectivity index (χ1) is 12.0. The van der Waals surface area contributed by atoms with Gasteiger partial charge in [0.15, 0.2) is 12.1 Å². The topological polar surface area (TPSA) is 66.7 Å². The predicted molar refractivity (Wildman–Crippen MR) is 94.5 cm³/mol. The van der Waals surface area contributed by atoms with E-state index in [1.165, 1.54) is 6.39 Å². The lowest BCUT2D eigenvalue weighted by molar-refractivity contribution is -0.120. The van der Waals surface area contributed by atoms with Crippen molar-refractivity contribution in [3.8, 4) is 0 Å². The van der Waals surface area contributed by atoms with Crippen LogP contribution in [-0.4, -0.2) is 40.8 Å². The molecule has 0 saturated carbocycles. The molecular weight excluding hydrogens is 318 g/mol. The van der Waals surface area contributed by atoms with Gasteiger partial charge in [-0.05, 0) is 25.5 Å². The molecule has 132 valence electrons. The molecule has 0 bridgehead atoms. The first kappa shape index (κ1) is 17.2. The average molecular weight is 341 g/mol. The molecule has 25 heavy (non-hydrogen) atoms. The van der Waals surface area contributed by atoms with E-state index in [0.29, 0.717) is 31.0 Å². The summed E-state index contributed by atoms with van der Waals surface area (Å²) in [4.78, 5) is 33.3. The molecule has 3 rings (SSSR count). The molecule has 0 unspecified atom stereocenters. The van der Waals surface area contributed by atoms with Crippen LogP contribution in [0.4, 0.5) is 5.69 Å². The third-order valence-electron chi connectivity index (χ3n) is 4.54. The van der Waals surface area contributed by atoms with Crippen LogP contribution in [0.2, 0.25) is 0 Å². The van der Waals surface area contributed by atoms with Gasteiger partial charge in [-0.15, -0.1) is 0 Å². The molecule has 1 fully saturated rings. The number of hydrogen-bond donors (Lipinski definition) is 0. The number of likely N-dealkylation sites (N-methyl/N-ethyl adjacent to an activating group) is 1. The van der Waals surface area contributed by atoms with Crippen molar-refractivity contribution in [3.05, 3.63) is 48.2 Å². The minimum atomic E-state index is -0.464. The first-order valence-electron chi connectivity index (χ1n) is 8.65. The van der Waals surface area contributed by atoms with Crippen molar-refractivity contribution < 1.29 is 14.0 Å². The fraction of sp³-hybridized carbons (Fsp3) is 0.421. The van der Waals surface area contributed by atoms with E-state index < -0.39 is 6.04 Å². The van der Waals surface area contributed by atoms with Gasteiger partial charge in [0.2, 0.25) is 5.91 Å². The predicted octanol–water partition coefficient (Wildman–Crippen LogP) is 3.07. The highest BCUT2D eigenvalue weighted by Crippen LogP contribution is 2.26. The lowest BCUT2D eigenvalue weighted by Gasteiger charge is -2.26. The van der Waals surface area contributed by atoms with E-state index in [2.05, 4.69) is 4.98 Å². The molecule has 0 radical (unpaired) electrons. The van der Waals surface area contributed by atoms with Crippen LogP contribution >= 0.6 is 0 Å². The zero-order chi connectivity index (χ0) is 18.0. The number of carbonyl (C=O) groups is 2. The lowest BCUT2D eigenvalue weighted by Crippen LogP contribution is -2.45. The molecule has 1 aliphatic heterocycles. The van der Waals surface area contributed by atoms with Crippen molar-refractivity contribution in [2.75, 3.05) is 18.0 Å². The number of rotatable bonds is 5. The van der Waals surface area contributed by atoms with Crippen molar-refractivity contribution in [2.24, 2.45) is 0 Å². The number of aromatic nitrogens is 1. The number of amides is 2. The standard InChI is InChI=1S/C19H23N3O3/c1-4-21(19(24)16-17(13(2)3)25-12-20-16)15-10-11-22(18(15)23)14-8-6-5-7-9-14/h5-9,12-13,15H,4,10-11H2,1-3H3/t15-/m0/s1. The van der Waals surface area contributed by atoms with Gasteiger partial charge in [-0.3, -0.25) is 9.59 Å². The van der Waals surface area contributed by atoms with Crippen LogP contribution in [-0.2, 0) is 4.79 Å². The molecule has 1 atom stereocenters. The first-order valence-corrected chi connectivity index (χ1v) is 8.65. The summed E-state index contributed by atoms with van der Waals surface area (Å²) in [6, 6.07) is 9.09. The Balaban J connectivity index is 1.83. The fourth-order valence-corrected chi connectivity index (χ4v) is 3.29. The molecule has 0 aliphatic carbocycles. The number of para-hydroxylation sites is 1. The van der Waals surface area contributed by atoms with E-state index in [-0.39, 0.29) is 17.7 Å². The maximum atomic E-state index is 13.0. The van der Waals surface area contributed by atoms with Crippen LogP contribution in [0.5, 0.6) is 0 Å². The van der Waals surface area contributed by atoms with Gasteiger partial charge in [-0.1, -0.05) is 32.0 Å². The van der Waals surface area contributed by atoms with Gasteiger partial charge in [0.1, 0.15) is 11.8 Å². The van der Waals surface area contributed by atoms with Crippen LogP contribution < -0.4 is 4.90 Å². The third kappa shape index (κ3) is 3.16. The van der Waals surface area contributed by atoms with Crippen molar-refractivity contribution in [2.45, 2.75) is 39.2 Å². The Morgan fingerprint density at radius 2 is 2.08 bits per heavy atom. The van der Waals surface area contributed by atoms with Crippen LogP contribution in [0.25, 0.3) is 0 Å². The maximum absolute atomic E-state index is 13.0. The number of nitrogens with zero attached hydrogens (tertiary/aromatic N) is 3. The van der Waals surface area contributed by atoms with Gasteiger partial charge >= 0.3 is 0 Å². The van der Waals surface area contributed by atoms with Crippen molar-refractivity contribution >= 4 is 17.5 Å². The van der Waals surface area contributed by atoms with Gasteiger partial charge in [0.05, 0.1) is 0 Å². The summed E-state index contributed by atoms with van der Waals surface area (Å²) in [5.74, 6) is 0.332. The van der Waals surface area contributed by atoms with E-state index in [9.17, 15) is 9.59 Å². The monoisotopic (exact) mass is 341 g/mol. The molecule has 0 N–H and O–H groups in total. The SMILES string of the molecule is CCN(C(=O)c1ncoc1C(C)C)[C@H]1CCN(c2ccccc2)C1=O. The van der Waals surface area contributed by atoms with Crippen LogP contribution in [0.1, 0.15) is 49.4 Å².